The molecule has 1 saturated heterocycles. The molecule has 1 aromatic carbocycles. The zero-order chi connectivity index (χ0) is 18.8. The number of carbonyl (C=O) groups is 1. The molecule has 0 bridgehead atoms. The van der Waals surface area contributed by atoms with Crippen LogP contribution in [-0.2, 0) is 6.54 Å². The molecule has 0 saturated carbocycles. The van der Waals surface area contributed by atoms with Gasteiger partial charge in [-0.3, -0.25) is 9.78 Å². The monoisotopic (exact) mass is 365 g/mol. The first-order chi connectivity index (χ1) is 13.2. The van der Waals surface area contributed by atoms with Crippen LogP contribution in [0.4, 0.5) is 0 Å². The van der Waals surface area contributed by atoms with Crippen LogP contribution < -0.4 is 20.9 Å². The lowest BCUT2D eigenvalue weighted by Crippen LogP contribution is -2.44. The van der Waals surface area contributed by atoms with Crippen molar-refractivity contribution in [2.75, 3.05) is 7.11 Å². The Morgan fingerprint density at radius 3 is 2.81 bits per heavy atom. The Labute approximate surface area is 157 Å². The summed E-state index contributed by atoms with van der Waals surface area (Å²) in [5, 5.41) is 4.17. The van der Waals surface area contributed by atoms with Gasteiger partial charge in [-0.05, 0) is 43.3 Å². The van der Waals surface area contributed by atoms with E-state index in [4.69, 9.17) is 4.74 Å². The maximum absolute atomic E-state index is 12.4. The normalized spacial score (nSPS) is 19.3. The van der Waals surface area contributed by atoms with E-state index in [1.807, 2.05) is 6.07 Å². The lowest BCUT2D eigenvalue weighted by molar-refractivity contribution is 0.0932. The standard InChI is InChI=1S/C20H23N5O2/c1-3-25-17-5-4-15(27-2)10-14(17)11-18(25)16-12-19(24-23-16)22-20(26)13-6-8-21-9-7-13/h4-11,16,19,23-24H,3,12H2,1-2H3,(H,22,26). The molecule has 3 aromatic rings. The highest BCUT2D eigenvalue weighted by Crippen LogP contribution is 2.30. The first-order valence-corrected chi connectivity index (χ1v) is 9.08. The summed E-state index contributed by atoms with van der Waals surface area (Å²) in [5.41, 5.74) is 9.47. The highest BCUT2D eigenvalue weighted by molar-refractivity contribution is 5.94. The highest BCUT2D eigenvalue weighted by Gasteiger charge is 2.29. The SMILES string of the molecule is CCn1c(C2CC(NC(=O)c3ccncc3)NN2)cc2cc(OC)ccc21. The van der Waals surface area contributed by atoms with Crippen molar-refractivity contribution < 1.29 is 9.53 Å². The Hall–Kier alpha value is -2.90. The van der Waals surface area contributed by atoms with Gasteiger partial charge >= 0.3 is 0 Å². The fraction of sp³-hybridized carbons (Fsp3) is 0.300. The minimum absolute atomic E-state index is 0.103. The number of pyridine rings is 1. The van der Waals surface area contributed by atoms with E-state index in [1.165, 1.54) is 11.2 Å². The summed E-state index contributed by atoms with van der Waals surface area (Å²) >= 11 is 0. The van der Waals surface area contributed by atoms with Gasteiger partial charge in [-0.15, -0.1) is 0 Å². The van der Waals surface area contributed by atoms with E-state index in [0.717, 1.165) is 24.1 Å². The van der Waals surface area contributed by atoms with Gasteiger partial charge in [0.05, 0.1) is 19.3 Å². The summed E-state index contributed by atoms with van der Waals surface area (Å²) in [5.74, 6) is 0.737. The van der Waals surface area contributed by atoms with Gasteiger partial charge in [-0.2, -0.15) is 0 Å². The van der Waals surface area contributed by atoms with Crippen molar-refractivity contribution in [3.63, 3.8) is 0 Å². The van der Waals surface area contributed by atoms with Crippen LogP contribution in [0.1, 0.15) is 35.4 Å². The number of nitrogens with zero attached hydrogens (tertiary/aromatic N) is 2. The average Bonchev–Trinajstić information content (AvgIpc) is 3.31. The Balaban J connectivity index is 1.52. The second-order valence-electron chi connectivity index (χ2n) is 6.58. The molecule has 2 unspecified atom stereocenters. The predicted octanol–water partition coefficient (Wildman–Crippen LogP) is 2.36. The van der Waals surface area contributed by atoms with E-state index in [9.17, 15) is 4.79 Å². The molecular formula is C20H23N5O2. The molecule has 0 aliphatic carbocycles. The summed E-state index contributed by atoms with van der Waals surface area (Å²) in [6.45, 7) is 3.01. The molecule has 0 spiro atoms. The highest BCUT2D eigenvalue weighted by atomic mass is 16.5. The third kappa shape index (κ3) is 3.39. The first kappa shape index (κ1) is 17.5. The van der Waals surface area contributed by atoms with Gasteiger partial charge in [0.25, 0.3) is 5.91 Å². The third-order valence-electron chi connectivity index (χ3n) is 4.96. The van der Waals surface area contributed by atoms with Crippen LogP contribution in [0, 0.1) is 0 Å². The lowest BCUT2D eigenvalue weighted by Gasteiger charge is -2.14. The van der Waals surface area contributed by atoms with Gasteiger partial charge in [0.1, 0.15) is 5.75 Å². The summed E-state index contributed by atoms with van der Waals surface area (Å²) in [4.78, 5) is 16.3. The summed E-state index contributed by atoms with van der Waals surface area (Å²) in [6.07, 6.45) is 3.84. The van der Waals surface area contributed by atoms with Crippen LogP contribution in [0.25, 0.3) is 10.9 Å². The number of benzene rings is 1. The fourth-order valence-corrected chi connectivity index (χ4v) is 3.63. The van der Waals surface area contributed by atoms with Gasteiger partial charge in [0.15, 0.2) is 0 Å². The topological polar surface area (TPSA) is 80.2 Å². The van der Waals surface area contributed by atoms with Crippen molar-refractivity contribution in [2.24, 2.45) is 0 Å². The second-order valence-corrected chi connectivity index (χ2v) is 6.58. The zero-order valence-electron chi connectivity index (χ0n) is 15.4. The minimum atomic E-state index is -0.145. The Kier molecular flexibility index (Phi) is 4.79. The van der Waals surface area contributed by atoms with Crippen molar-refractivity contribution in [3.8, 4) is 5.75 Å². The average molecular weight is 365 g/mol. The van der Waals surface area contributed by atoms with Gasteiger partial charge in [0, 0.05) is 47.5 Å². The van der Waals surface area contributed by atoms with Crippen molar-refractivity contribution in [1.29, 1.82) is 0 Å². The molecular weight excluding hydrogens is 342 g/mol. The van der Waals surface area contributed by atoms with Gasteiger partial charge < -0.3 is 14.6 Å². The molecule has 2 atom stereocenters. The molecule has 3 heterocycles. The molecule has 1 aliphatic rings. The van der Waals surface area contributed by atoms with Crippen molar-refractivity contribution in [3.05, 3.63) is 60.0 Å². The van der Waals surface area contributed by atoms with E-state index in [-0.39, 0.29) is 18.1 Å². The van der Waals surface area contributed by atoms with E-state index >= 15 is 0 Å². The molecule has 1 amide bonds. The number of methoxy groups -OCH3 is 1. The van der Waals surface area contributed by atoms with Gasteiger partial charge in [0.2, 0.25) is 0 Å². The number of carbonyl (C=O) groups excluding carboxylic acids is 1. The number of fused-ring (bicyclic) bond motifs is 1. The smallest absolute Gasteiger partial charge is 0.252 e. The maximum Gasteiger partial charge on any atom is 0.252 e. The zero-order valence-corrected chi connectivity index (χ0v) is 15.4. The van der Waals surface area contributed by atoms with Crippen LogP contribution in [0.5, 0.6) is 5.75 Å². The molecule has 4 rings (SSSR count). The molecule has 7 heteroatoms. The molecule has 0 radical (unpaired) electrons. The van der Waals surface area contributed by atoms with Crippen molar-refractivity contribution in [2.45, 2.75) is 32.1 Å². The number of aryl methyl sites for hydroxylation is 1. The molecule has 1 aliphatic heterocycles. The molecule has 7 nitrogen and oxygen atoms in total. The maximum atomic E-state index is 12.4. The van der Waals surface area contributed by atoms with Crippen molar-refractivity contribution >= 4 is 16.8 Å². The van der Waals surface area contributed by atoms with Crippen LogP contribution in [0.15, 0.2) is 48.8 Å². The Morgan fingerprint density at radius 1 is 1.26 bits per heavy atom. The quantitative estimate of drug-likeness (QED) is 0.647. The number of aromatic nitrogens is 2. The molecule has 1 fully saturated rings. The summed E-state index contributed by atoms with van der Waals surface area (Å²) in [6, 6.07) is 11.8. The summed E-state index contributed by atoms with van der Waals surface area (Å²) < 4.78 is 7.64. The Bertz CT molecular complexity index is 954. The number of amides is 1. The lowest BCUT2D eigenvalue weighted by atomic mass is 10.1. The van der Waals surface area contributed by atoms with Crippen LogP contribution in [0.3, 0.4) is 0 Å². The Morgan fingerprint density at radius 2 is 2.07 bits per heavy atom. The van der Waals surface area contributed by atoms with E-state index in [2.05, 4.69) is 50.8 Å². The van der Waals surface area contributed by atoms with Crippen molar-refractivity contribution in [1.82, 2.24) is 25.7 Å². The number of ether oxygens (including phenoxy) is 1. The minimum Gasteiger partial charge on any atom is -0.497 e. The van der Waals surface area contributed by atoms with Gasteiger partial charge in [-0.1, -0.05) is 0 Å². The fourth-order valence-electron chi connectivity index (χ4n) is 3.63. The van der Waals surface area contributed by atoms with Crippen LogP contribution in [-0.4, -0.2) is 28.7 Å². The molecule has 140 valence electrons. The van der Waals surface area contributed by atoms with E-state index in [1.54, 1.807) is 31.6 Å². The number of hydrogen-bond donors (Lipinski definition) is 3. The molecule has 2 aromatic heterocycles. The number of rotatable bonds is 5. The van der Waals surface area contributed by atoms with E-state index in [0.29, 0.717) is 5.56 Å². The summed E-state index contributed by atoms with van der Waals surface area (Å²) in [7, 11) is 1.68. The van der Waals surface area contributed by atoms with Crippen LogP contribution in [0.2, 0.25) is 0 Å². The number of nitrogens with one attached hydrogen (secondary N) is 3. The second kappa shape index (κ2) is 7.38. The molecule has 27 heavy (non-hydrogen) atoms. The predicted molar refractivity (Wildman–Crippen MR) is 103 cm³/mol. The third-order valence-corrected chi connectivity index (χ3v) is 4.96. The first-order valence-electron chi connectivity index (χ1n) is 9.08. The number of hydrogen-bond acceptors (Lipinski definition) is 5. The van der Waals surface area contributed by atoms with Crippen LogP contribution >= 0.6 is 0 Å². The molecule has 3 N–H and O–H groups in total. The van der Waals surface area contributed by atoms with Gasteiger partial charge in [-0.25, -0.2) is 10.9 Å². The number of hydrazine groups is 1. The van der Waals surface area contributed by atoms with E-state index < -0.39 is 0 Å². The largest absolute Gasteiger partial charge is 0.497 e.